The molecule has 0 aromatic carbocycles. The van der Waals surface area contributed by atoms with Crippen LogP contribution >= 0.6 is 7.82 Å². The van der Waals surface area contributed by atoms with Crippen molar-refractivity contribution in [3.8, 4) is 0 Å². The predicted octanol–water partition coefficient (Wildman–Crippen LogP) is -2.62. The normalized spacial score (nSPS) is 15.5. The molecule has 0 rings (SSSR count). The average Bonchev–Trinajstić information content (AvgIpc) is 1.84. The van der Waals surface area contributed by atoms with Gasteiger partial charge in [-0.2, -0.15) is 4.67 Å². The van der Waals surface area contributed by atoms with Gasteiger partial charge in [0.2, 0.25) is 0 Å². The third kappa shape index (κ3) is 7.18. The molecule has 0 heterocycles. The number of hydrogen-bond donors (Lipinski definition) is 1. The fourth-order valence-corrected chi connectivity index (χ4v) is 0.680. The second kappa shape index (κ2) is 6.76. The van der Waals surface area contributed by atoms with Gasteiger partial charge in [0, 0.05) is 0 Å². The zero-order valence-electron chi connectivity index (χ0n) is 5.94. The summed E-state index contributed by atoms with van der Waals surface area (Å²) >= 11 is 0. The molecule has 0 aliphatic heterocycles. The van der Waals surface area contributed by atoms with E-state index >= 15 is 0 Å². The zero-order chi connectivity index (χ0) is 7.33. The van der Waals surface area contributed by atoms with Crippen LogP contribution in [0.4, 0.5) is 0 Å². The largest absolute Gasteiger partial charge is 1.00 e. The Hall–Kier alpha value is 1.07. The first-order valence-electron chi connectivity index (χ1n) is 2.41. The molecule has 0 saturated heterocycles. The van der Waals surface area contributed by atoms with Crippen molar-refractivity contribution in [3.63, 3.8) is 0 Å². The fraction of sp³-hybridized carbons (Fsp3) is 1.00. The average molecular weight is 178 g/mol. The van der Waals surface area contributed by atoms with Crippen molar-refractivity contribution in [3.05, 3.63) is 0 Å². The van der Waals surface area contributed by atoms with Gasteiger partial charge in [0.25, 0.3) is 7.82 Å². The Morgan fingerprint density at radius 2 is 2.20 bits per heavy atom. The fourth-order valence-electron chi connectivity index (χ4n) is 0.227. The Bertz CT molecular complexity index is 117. The van der Waals surface area contributed by atoms with E-state index < -0.39 is 7.82 Å². The van der Waals surface area contributed by atoms with E-state index in [9.17, 15) is 9.46 Å². The van der Waals surface area contributed by atoms with Crippen LogP contribution < -0.4 is 34.5 Å². The summed E-state index contributed by atoms with van der Waals surface area (Å²) in [5.41, 5.74) is 0. The van der Waals surface area contributed by atoms with E-state index in [2.05, 4.69) is 9.20 Å². The summed E-state index contributed by atoms with van der Waals surface area (Å²) in [5, 5.41) is 7.62. The van der Waals surface area contributed by atoms with Gasteiger partial charge in [-0.15, -0.1) is 0 Å². The Labute approximate surface area is 81.2 Å². The van der Waals surface area contributed by atoms with Crippen LogP contribution in [-0.2, 0) is 13.8 Å². The Kier molecular flexibility index (Phi) is 9.22. The minimum atomic E-state index is -4.38. The van der Waals surface area contributed by atoms with Crippen molar-refractivity contribution in [2.24, 2.45) is 0 Å². The molecule has 0 saturated carbocycles. The van der Waals surface area contributed by atoms with Gasteiger partial charge in [-0.3, -0.25) is 4.57 Å². The van der Waals surface area contributed by atoms with Gasteiger partial charge in [-0.25, -0.2) is 5.26 Å². The monoisotopic (exact) mass is 178 g/mol. The van der Waals surface area contributed by atoms with Crippen molar-refractivity contribution >= 4 is 7.82 Å². The number of rotatable bonds is 4. The predicted molar refractivity (Wildman–Crippen MR) is 27.6 cm³/mol. The first-order chi connectivity index (χ1) is 4.12. The van der Waals surface area contributed by atoms with Crippen LogP contribution in [0, 0.1) is 0 Å². The minimum Gasteiger partial charge on any atom is -0.754 e. The summed E-state index contributed by atoms with van der Waals surface area (Å²) < 4.78 is 17.2. The van der Waals surface area contributed by atoms with Crippen molar-refractivity contribution in [2.75, 3.05) is 6.61 Å². The summed E-state index contributed by atoms with van der Waals surface area (Å²) in [6.45, 7) is 1.76. The van der Waals surface area contributed by atoms with Crippen LogP contribution in [0.5, 0.6) is 0 Å². The zero-order valence-corrected chi connectivity index (χ0v) is 8.84. The van der Waals surface area contributed by atoms with Gasteiger partial charge < -0.3 is 9.42 Å². The van der Waals surface area contributed by atoms with Crippen LogP contribution in [0.25, 0.3) is 0 Å². The minimum absolute atomic E-state index is 0. The maximum atomic E-state index is 10.1. The van der Waals surface area contributed by atoms with Gasteiger partial charge in [-0.1, -0.05) is 6.92 Å². The van der Waals surface area contributed by atoms with Crippen LogP contribution in [0.15, 0.2) is 0 Å². The van der Waals surface area contributed by atoms with Gasteiger partial charge in [0.15, 0.2) is 0 Å². The van der Waals surface area contributed by atoms with E-state index in [1.54, 1.807) is 6.92 Å². The number of phosphoric acid groups is 1. The molecule has 7 heteroatoms. The molecular formula is C3H8NaO5P. The molecule has 10 heavy (non-hydrogen) atoms. The number of hydrogen-bond acceptors (Lipinski definition) is 5. The molecule has 1 unspecified atom stereocenters. The maximum absolute atomic E-state index is 10.1. The third-order valence-electron chi connectivity index (χ3n) is 0.554. The van der Waals surface area contributed by atoms with Gasteiger partial charge in [-0.05, 0) is 6.42 Å². The van der Waals surface area contributed by atoms with Crippen LogP contribution in [0.3, 0.4) is 0 Å². The molecule has 0 amide bonds. The molecular weight excluding hydrogens is 170 g/mol. The second-order valence-corrected chi connectivity index (χ2v) is 2.68. The van der Waals surface area contributed by atoms with Crippen molar-refractivity contribution in [1.82, 2.24) is 0 Å². The topological polar surface area (TPSA) is 78.8 Å². The van der Waals surface area contributed by atoms with E-state index in [1.807, 2.05) is 0 Å². The van der Waals surface area contributed by atoms with E-state index in [-0.39, 0.29) is 36.2 Å². The molecule has 0 spiro atoms. The quantitative estimate of drug-likeness (QED) is 0.220. The molecule has 1 N–H and O–H groups in total. The summed E-state index contributed by atoms with van der Waals surface area (Å²) in [5.74, 6) is 0. The molecule has 0 bridgehead atoms. The van der Waals surface area contributed by atoms with Crippen molar-refractivity contribution in [2.45, 2.75) is 13.3 Å². The molecule has 0 aliphatic carbocycles. The van der Waals surface area contributed by atoms with Gasteiger partial charge in [0.1, 0.15) is 0 Å². The van der Waals surface area contributed by atoms with Gasteiger partial charge >= 0.3 is 29.6 Å². The molecule has 1 atom stereocenters. The molecule has 0 fully saturated rings. The summed E-state index contributed by atoms with van der Waals surface area (Å²) in [4.78, 5) is 10.1. The summed E-state index contributed by atoms with van der Waals surface area (Å²) in [6, 6.07) is 0. The number of phosphoric ester groups is 1. The Morgan fingerprint density at radius 1 is 1.70 bits per heavy atom. The van der Waals surface area contributed by atoms with E-state index in [1.165, 1.54) is 0 Å². The van der Waals surface area contributed by atoms with Crippen molar-refractivity contribution < 1.29 is 53.5 Å². The first-order valence-corrected chi connectivity index (χ1v) is 3.87. The molecule has 0 aliphatic rings. The Morgan fingerprint density at radius 3 is 2.50 bits per heavy atom. The SMILES string of the molecule is CCCOP(=O)([O-])OO.[Na+]. The van der Waals surface area contributed by atoms with E-state index in [0.29, 0.717) is 6.42 Å². The standard InChI is InChI=1S/C3H9O5P.Na/c1-2-3-7-9(5,6)8-4;/h4H,2-3H2,1H3,(H,5,6);/q;+1/p-1. The van der Waals surface area contributed by atoms with Crippen LogP contribution in [0.1, 0.15) is 13.3 Å². The van der Waals surface area contributed by atoms with E-state index in [0.717, 1.165) is 0 Å². The summed E-state index contributed by atoms with van der Waals surface area (Å²) in [6.07, 6.45) is 0.551. The molecule has 0 aromatic rings. The van der Waals surface area contributed by atoms with Gasteiger partial charge in [0.05, 0.1) is 6.61 Å². The molecule has 0 aromatic heterocycles. The van der Waals surface area contributed by atoms with Crippen molar-refractivity contribution in [1.29, 1.82) is 0 Å². The maximum Gasteiger partial charge on any atom is 1.00 e. The smallest absolute Gasteiger partial charge is 0.754 e. The molecule has 5 nitrogen and oxygen atoms in total. The van der Waals surface area contributed by atoms with Crippen LogP contribution in [-0.4, -0.2) is 11.9 Å². The Balaban J connectivity index is 0. The van der Waals surface area contributed by atoms with Crippen LogP contribution in [0.2, 0.25) is 0 Å². The second-order valence-electron chi connectivity index (χ2n) is 1.36. The molecule has 56 valence electrons. The molecule has 0 radical (unpaired) electrons. The third-order valence-corrected chi connectivity index (χ3v) is 1.25. The first kappa shape index (κ1) is 13.6. The van der Waals surface area contributed by atoms with E-state index in [4.69, 9.17) is 5.26 Å². The summed E-state index contributed by atoms with van der Waals surface area (Å²) in [7, 11) is -4.38.